The first-order valence-electron chi connectivity index (χ1n) is 9.56. The van der Waals surface area contributed by atoms with Gasteiger partial charge in [-0.2, -0.15) is 5.26 Å². The van der Waals surface area contributed by atoms with Crippen molar-refractivity contribution in [2.45, 2.75) is 12.8 Å². The Bertz CT molecular complexity index is 1130. The molecule has 1 aliphatic rings. The summed E-state index contributed by atoms with van der Waals surface area (Å²) in [5.41, 5.74) is 1.62. The number of esters is 1. The SMILES string of the molecule is C=CCOC(=O)C1=C(C)NC(SCC(=O)Nc2cccc(Cl)c2)=C(C#N)[C@@H]1c1ccco1. The number of nitrogens with one attached hydrogen (secondary N) is 2. The number of nitrogens with zero attached hydrogens (tertiary/aromatic N) is 1. The van der Waals surface area contributed by atoms with E-state index in [4.69, 9.17) is 20.8 Å². The quantitative estimate of drug-likeness (QED) is 0.425. The Morgan fingerprint density at radius 3 is 2.88 bits per heavy atom. The van der Waals surface area contributed by atoms with Crippen molar-refractivity contribution in [2.24, 2.45) is 0 Å². The van der Waals surface area contributed by atoms with E-state index in [1.54, 1.807) is 43.3 Å². The van der Waals surface area contributed by atoms with E-state index in [0.29, 0.717) is 27.2 Å². The van der Waals surface area contributed by atoms with Crippen LogP contribution in [0.3, 0.4) is 0 Å². The minimum atomic E-state index is -0.757. The number of halogens is 1. The molecule has 3 rings (SSSR count). The second-order valence-corrected chi connectivity index (χ2v) is 8.12. The number of dihydropyridines is 1. The number of furan rings is 1. The van der Waals surface area contributed by atoms with Crippen LogP contribution in [-0.4, -0.2) is 24.2 Å². The van der Waals surface area contributed by atoms with E-state index in [2.05, 4.69) is 23.3 Å². The molecule has 2 heterocycles. The summed E-state index contributed by atoms with van der Waals surface area (Å²) in [7, 11) is 0. The van der Waals surface area contributed by atoms with Crippen molar-refractivity contribution in [2.75, 3.05) is 17.7 Å². The van der Waals surface area contributed by atoms with Gasteiger partial charge in [-0.15, -0.1) is 0 Å². The summed E-state index contributed by atoms with van der Waals surface area (Å²) in [5.74, 6) is -1.14. The molecule has 1 aromatic carbocycles. The summed E-state index contributed by atoms with van der Waals surface area (Å²) < 4.78 is 10.7. The summed E-state index contributed by atoms with van der Waals surface area (Å²) in [6, 6.07) is 12.4. The first kappa shape index (κ1) is 23.3. The van der Waals surface area contributed by atoms with Gasteiger partial charge < -0.3 is 19.8 Å². The third kappa shape index (κ3) is 5.44. The summed E-state index contributed by atoms with van der Waals surface area (Å²) in [6.45, 7) is 5.30. The lowest BCUT2D eigenvalue weighted by atomic mass is 9.86. The van der Waals surface area contributed by atoms with Crippen molar-refractivity contribution in [1.29, 1.82) is 5.26 Å². The van der Waals surface area contributed by atoms with Gasteiger partial charge in [-0.25, -0.2) is 4.79 Å². The van der Waals surface area contributed by atoms with Crippen LogP contribution >= 0.6 is 23.4 Å². The van der Waals surface area contributed by atoms with Crippen LogP contribution in [0.2, 0.25) is 5.02 Å². The third-order valence-corrected chi connectivity index (χ3v) is 5.74. The molecule has 32 heavy (non-hydrogen) atoms. The van der Waals surface area contributed by atoms with Crippen molar-refractivity contribution in [3.05, 3.63) is 88.0 Å². The lowest BCUT2D eigenvalue weighted by Crippen LogP contribution is -2.29. The Kier molecular flexibility index (Phi) is 7.82. The van der Waals surface area contributed by atoms with E-state index in [-0.39, 0.29) is 29.4 Å². The summed E-state index contributed by atoms with van der Waals surface area (Å²) >= 11 is 7.10. The van der Waals surface area contributed by atoms with Crippen LogP contribution in [-0.2, 0) is 14.3 Å². The minimum Gasteiger partial charge on any atom is -0.468 e. The van der Waals surface area contributed by atoms with Crippen molar-refractivity contribution in [3.63, 3.8) is 0 Å². The lowest BCUT2D eigenvalue weighted by Gasteiger charge is -2.27. The zero-order chi connectivity index (χ0) is 23.1. The topological polar surface area (TPSA) is 104 Å². The van der Waals surface area contributed by atoms with Gasteiger partial charge in [-0.3, -0.25) is 4.79 Å². The number of hydrogen-bond donors (Lipinski definition) is 2. The maximum absolute atomic E-state index is 12.7. The first-order chi connectivity index (χ1) is 15.4. The normalized spacial score (nSPS) is 15.6. The Labute approximate surface area is 194 Å². The van der Waals surface area contributed by atoms with E-state index in [1.807, 2.05) is 0 Å². The largest absolute Gasteiger partial charge is 0.468 e. The highest BCUT2D eigenvalue weighted by atomic mass is 35.5. The highest BCUT2D eigenvalue weighted by molar-refractivity contribution is 8.03. The zero-order valence-corrected chi connectivity index (χ0v) is 18.8. The summed E-state index contributed by atoms with van der Waals surface area (Å²) in [5, 5.41) is 16.7. The molecule has 1 aliphatic heterocycles. The average molecular weight is 470 g/mol. The van der Waals surface area contributed by atoms with Gasteiger partial charge in [0.05, 0.1) is 40.2 Å². The van der Waals surface area contributed by atoms with Crippen LogP contribution in [0.4, 0.5) is 5.69 Å². The van der Waals surface area contributed by atoms with Gasteiger partial charge in [0.2, 0.25) is 5.91 Å². The fourth-order valence-electron chi connectivity index (χ4n) is 3.15. The summed E-state index contributed by atoms with van der Waals surface area (Å²) in [6.07, 6.45) is 2.94. The highest BCUT2D eigenvalue weighted by Crippen LogP contribution is 2.41. The molecule has 0 fully saturated rings. The number of benzene rings is 1. The van der Waals surface area contributed by atoms with Gasteiger partial charge in [0.1, 0.15) is 12.4 Å². The number of ether oxygens (including phenoxy) is 1. The number of allylic oxidation sites excluding steroid dienone is 2. The molecule has 2 N–H and O–H groups in total. The van der Waals surface area contributed by atoms with Gasteiger partial charge in [0.15, 0.2) is 0 Å². The van der Waals surface area contributed by atoms with E-state index in [1.165, 1.54) is 12.3 Å². The van der Waals surface area contributed by atoms with Crippen LogP contribution in [0.5, 0.6) is 0 Å². The Hall–Kier alpha value is -3.41. The maximum atomic E-state index is 12.7. The van der Waals surface area contributed by atoms with Crippen molar-refractivity contribution in [3.8, 4) is 6.07 Å². The van der Waals surface area contributed by atoms with Gasteiger partial charge in [-0.05, 0) is 37.3 Å². The molecule has 0 aliphatic carbocycles. The van der Waals surface area contributed by atoms with E-state index < -0.39 is 11.9 Å². The van der Waals surface area contributed by atoms with Gasteiger partial charge in [0.25, 0.3) is 0 Å². The Morgan fingerprint density at radius 2 is 2.22 bits per heavy atom. The van der Waals surface area contributed by atoms with E-state index in [9.17, 15) is 14.9 Å². The maximum Gasteiger partial charge on any atom is 0.337 e. The number of thioether (sulfide) groups is 1. The molecule has 1 amide bonds. The van der Waals surface area contributed by atoms with Gasteiger partial charge >= 0.3 is 5.97 Å². The zero-order valence-electron chi connectivity index (χ0n) is 17.2. The van der Waals surface area contributed by atoms with Crippen molar-refractivity contribution >= 4 is 40.9 Å². The first-order valence-corrected chi connectivity index (χ1v) is 10.9. The van der Waals surface area contributed by atoms with Crippen molar-refractivity contribution in [1.82, 2.24) is 5.32 Å². The molecule has 0 spiro atoms. The molecule has 0 saturated carbocycles. The second kappa shape index (κ2) is 10.8. The summed E-state index contributed by atoms with van der Waals surface area (Å²) in [4.78, 5) is 25.1. The van der Waals surface area contributed by atoms with Crippen LogP contribution < -0.4 is 10.6 Å². The number of anilines is 1. The molecule has 0 radical (unpaired) electrons. The van der Waals surface area contributed by atoms with E-state index in [0.717, 1.165) is 11.8 Å². The molecule has 0 bridgehead atoms. The molecule has 9 heteroatoms. The van der Waals surface area contributed by atoms with Crippen LogP contribution in [0.15, 0.2) is 81.6 Å². The molecule has 164 valence electrons. The van der Waals surface area contributed by atoms with E-state index >= 15 is 0 Å². The van der Waals surface area contributed by atoms with Crippen LogP contribution in [0.25, 0.3) is 0 Å². The number of amides is 1. The van der Waals surface area contributed by atoms with Gasteiger partial charge in [-0.1, -0.05) is 42.1 Å². The minimum absolute atomic E-state index is 0.0361. The number of carbonyl (C=O) groups excluding carboxylic acids is 2. The van der Waals surface area contributed by atoms with Gasteiger partial charge in [0, 0.05) is 16.4 Å². The molecule has 0 saturated heterocycles. The lowest BCUT2D eigenvalue weighted by molar-refractivity contribution is -0.138. The van der Waals surface area contributed by atoms with Crippen LogP contribution in [0, 0.1) is 11.3 Å². The molecule has 1 aromatic heterocycles. The number of rotatable bonds is 8. The average Bonchev–Trinajstić information content (AvgIpc) is 3.30. The monoisotopic (exact) mass is 469 g/mol. The smallest absolute Gasteiger partial charge is 0.337 e. The standard InChI is InChI=1S/C23H20ClN3O4S/c1-3-9-31-23(29)20-14(2)26-22(17(12-25)21(20)18-8-5-10-30-18)32-13-19(28)27-16-7-4-6-15(24)11-16/h3-8,10-11,21,26H,1,9,13H2,2H3,(H,27,28)/t21-/m1/s1. The Morgan fingerprint density at radius 1 is 1.41 bits per heavy atom. The second-order valence-electron chi connectivity index (χ2n) is 6.70. The number of nitriles is 1. The predicted molar refractivity (Wildman–Crippen MR) is 124 cm³/mol. The molecule has 1 atom stereocenters. The molecule has 7 nitrogen and oxygen atoms in total. The fraction of sp³-hybridized carbons (Fsp3) is 0.174. The number of carbonyl (C=O) groups is 2. The fourth-order valence-corrected chi connectivity index (χ4v) is 4.23. The molecular formula is C23H20ClN3O4S. The third-order valence-electron chi connectivity index (χ3n) is 4.48. The highest BCUT2D eigenvalue weighted by Gasteiger charge is 2.37. The van der Waals surface area contributed by atoms with Crippen molar-refractivity contribution < 1.29 is 18.7 Å². The number of hydrogen-bond acceptors (Lipinski definition) is 7. The predicted octanol–water partition coefficient (Wildman–Crippen LogP) is 4.73. The molecule has 0 unspecified atom stereocenters. The molecular weight excluding hydrogens is 450 g/mol. The Balaban J connectivity index is 1.84. The molecule has 2 aromatic rings. The van der Waals surface area contributed by atoms with Crippen LogP contribution in [0.1, 0.15) is 18.6 Å².